The van der Waals surface area contributed by atoms with E-state index in [1.807, 2.05) is 0 Å². The molecular weight excluding hydrogens is 276 g/mol. The molecule has 0 aromatic heterocycles. The Hall–Kier alpha value is -2.38. The molecule has 0 aliphatic carbocycles. The summed E-state index contributed by atoms with van der Waals surface area (Å²) >= 11 is 0. The third kappa shape index (κ3) is 4.08. The van der Waals surface area contributed by atoms with Crippen LogP contribution in [0, 0.1) is 5.92 Å². The van der Waals surface area contributed by atoms with Crippen LogP contribution in [-0.2, 0) is 9.59 Å². The second kappa shape index (κ2) is 6.69. The molecule has 1 atom stereocenters. The molecule has 2 N–H and O–H groups in total. The molecule has 0 fully saturated rings. The third-order valence-electron chi connectivity index (χ3n) is 2.42. The molecule has 0 saturated carbocycles. The van der Waals surface area contributed by atoms with Crippen molar-refractivity contribution in [1.29, 1.82) is 0 Å². The molecule has 0 aliphatic heterocycles. The minimum atomic E-state index is -3.07. The topological polar surface area (TPSA) is 84.9 Å². The summed E-state index contributed by atoms with van der Waals surface area (Å²) in [5, 5.41) is 10.9. The van der Waals surface area contributed by atoms with Gasteiger partial charge in [0.15, 0.2) is 0 Å². The van der Waals surface area contributed by atoms with E-state index < -0.39 is 24.4 Å². The number of halogens is 2. The Morgan fingerprint density at radius 1 is 1.35 bits per heavy atom. The molecule has 1 aromatic rings. The van der Waals surface area contributed by atoms with E-state index in [0.29, 0.717) is 5.75 Å². The summed E-state index contributed by atoms with van der Waals surface area (Å²) in [4.78, 5) is 22.3. The van der Waals surface area contributed by atoms with Crippen molar-refractivity contribution in [3.05, 3.63) is 18.2 Å². The summed E-state index contributed by atoms with van der Waals surface area (Å²) < 4.78 is 33.6. The number of rotatable bonds is 6. The molecule has 1 amide bonds. The highest BCUT2D eigenvalue weighted by Crippen LogP contribution is 2.30. The number of amides is 1. The van der Waals surface area contributed by atoms with Crippen LogP contribution < -0.4 is 14.8 Å². The molecule has 20 heavy (non-hydrogen) atoms. The summed E-state index contributed by atoms with van der Waals surface area (Å²) in [6, 6.07) is 3.81. The van der Waals surface area contributed by atoms with E-state index in [1.165, 1.54) is 32.2 Å². The minimum Gasteiger partial charge on any atom is -0.497 e. The molecule has 0 aliphatic rings. The second-order valence-corrected chi connectivity index (χ2v) is 3.79. The molecule has 0 saturated heterocycles. The zero-order chi connectivity index (χ0) is 15.3. The standard InChI is InChI=1S/C12H13F2NO5/c1-6(11(17)18)10(16)15-8-5-7(19-2)3-4-9(8)20-12(13)14/h3-6,12H,1-2H3,(H,15,16)(H,17,18). The zero-order valence-electron chi connectivity index (χ0n) is 10.7. The van der Waals surface area contributed by atoms with Crippen LogP contribution in [0.4, 0.5) is 14.5 Å². The van der Waals surface area contributed by atoms with Crippen LogP contribution in [0.3, 0.4) is 0 Å². The van der Waals surface area contributed by atoms with E-state index in [4.69, 9.17) is 9.84 Å². The number of hydrogen-bond acceptors (Lipinski definition) is 4. The SMILES string of the molecule is COc1ccc(OC(F)F)c(NC(=O)C(C)C(=O)O)c1. The molecule has 0 heterocycles. The summed E-state index contributed by atoms with van der Waals surface area (Å²) in [6.45, 7) is -1.90. The fraction of sp³-hybridized carbons (Fsp3) is 0.333. The Balaban J connectivity index is 3.01. The predicted molar refractivity (Wildman–Crippen MR) is 65.1 cm³/mol. The molecule has 8 heteroatoms. The number of carboxylic acid groups (broad SMARTS) is 1. The van der Waals surface area contributed by atoms with Gasteiger partial charge in [0, 0.05) is 6.07 Å². The van der Waals surface area contributed by atoms with E-state index in [-0.39, 0.29) is 11.4 Å². The Bertz CT molecular complexity index is 507. The monoisotopic (exact) mass is 289 g/mol. The first-order chi connectivity index (χ1) is 9.35. The Kier molecular flexibility index (Phi) is 5.24. The highest BCUT2D eigenvalue weighted by atomic mass is 19.3. The first-order valence-corrected chi connectivity index (χ1v) is 5.51. The van der Waals surface area contributed by atoms with Gasteiger partial charge in [0.1, 0.15) is 17.4 Å². The minimum absolute atomic E-state index is 0.0947. The number of methoxy groups -OCH3 is 1. The van der Waals surface area contributed by atoms with Gasteiger partial charge in [0.05, 0.1) is 12.8 Å². The predicted octanol–water partition coefficient (Wildman–Crippen LogP) is 1.96. The number of hydrogen-bond donors (Lipinski definition) is 2. The van der Waals surface area contributed by atoms with Crippen LogP contribution in [0.5, 0.6) is 11.5 Å². The van der Waals surface area contributed by atoms with Crippen molar-refractivity contribution < 1.29 is 33.0 Å². The van der Waals surface area contributed by atoms with Gasteiger partial charge in [-0.1, -0.05) is 0 Å². The van der Waals surface area contributed by atoms with Crippen molar-refractivity contribution >= 4 is 17.6 Å². The van der Waals surface area contributed by atoms with Crippen LogP contribution in [0.1, 0.15) is 6.92 Å². The van der Waals surface area contributed by atoms with Gasteiger partial charge >= 0.3 is 12.6 Å². The van der Waals surface area contributed by atoms with Crippen molar-refractivity contribution in [3.63, 3.8) is 0 Å². The maximum absolute atomic E-state index is 12.2. The summed E-state index contributed by atoms with van der Waals surface area (Å²) in [6.07, 6.45) is 0. The highest BCUT2D eigenvalue weighted by molar-refractivity contribution is 6.04. The van der Waals surface area contributed by atoms with Crippen molar-refractivity contribution in [1.82, 2.24) is 0 Å². The van der Waals surface area contributed by atoms with Gasteiger partial charge in [-0.3, -0.25) is 9.59 Å². The number of nitrogens with one attached hydrogen (secondary N) is 1. The number of anilines is 1. The normalized spacial score (nSPS) is 11.8. The van der Waals surface area contributed by atoms with Gasteiger partial charge in [-0.25, -0.2) is 0 Å². The molecule has 6 nitrogen and oxygen atoms in total. The smallest absolute Gasteiger partial charge is 0.387 e. The fourth-order valence-electron chi connectivity index (χ4n) is 1.29. The van der Waals surface area contributed by atoms with Gasteiger partial charge in [-0.15, -0.1) is 0 Å². The summed E-state index contributed by atoms with van der Waals surface area (Å²) in [5.41, 5.74) is -0.0947. The molecule has 110 valence electrons. The molecule has 1 rings (SSSR count). The lowest BCUT2D eigenvalue weighted by molar-refractivity contribution is -0.144. The lowest BCUT2D eigenvalue weighted by Crippen LogP contribution is -2.27. The molecule has 1 aromatic carbocycles. The fourth-order valence-corrected chi connectivity index (χ4v) is 1.29. The average molecular weight is 289 g/mol. The Labute approximate surface area is 113 Å². The molecule has 0 radical (unpaired) electrons. The van der Waals surface area contributed by atoms with Gasteiger partial charge < -0.3 is 19.9 Å². The maximum Gasteiger partial charge on any atom is 0.387 e. The largest absolute Gasteiger partial charge is 0.497 e. The van der Waals surface area contributed by atoms with Crippen molar-refractivity contribution in [2.45, 2.75) is 13.5 Å². The average Bonchev–Trinajstić information content (AvgIpc) is 2.38. The highest BCUT2D eigenvalue weighted by Gasteiger charge is 2.22. The second-order valence-electron chi connectivity index (χ2n) is 3.79. The van der Waals surface area contributed by atoms with E-state index in [0.717, 1.165) is 0 Å². The van der Waals surface area contributed by atoms with Gasteiger partial charge in [0.2, 0.25) is 5.91 Å². The van der Waals surface area contributed by atoms with Crippen LogP contribution in [-0.4, -0.2) is 30.7 Å². The molecule has 0 spiro atoms. The number of carbonyl (C=O) groups excluding carboxylic acids is 1. The van der Waals surface area contributed by atoms with Crippen LogP contribution in [0.2, 0.25) is 0 Å². The van der Waals surface area contributed by atoms with Gasteiger partial charge in [0.25, 0.3) is 0 Å². The van der Waals surface area contributed by atoms with Crippen molar-refractivity contribution in [2.24, 2.45) is 5.92 Å². The van der Waals surface area contributed by atoms with Crippen molar-refractivity contribution in [2.75, 3.05) is 12.4 Å². The number of carbonyl (C=O) groups is 2. The summed E-state index contributed by atoms with van der Waals surface area (Å²) in [7, 11) is 1.36. The Morgan fingerprint density at radius 3 is 2.50 bits per heavy atom. The van der Waals surface area contributed by atoms with Crippen molar-refractivity contribution in [3.8, 4) is 11.5 Å². The quantitative estimate of drug-likeness (QED) is 0.782. The zero-order valence-corrected chi connectivity index (χ0v) is 10.7. The molecular formula is C12H13F2NO5. The number of alkyl halides is 2. The number of benzene rings is 1. The maximum atomic E-state index is 12.2. The van der Waals surface area contributed by atoms with E-state index in [1.54, 1.807) is 0 Å². The number of carboxylic acids is 1. The first-order valence-electron chi connectivity index (χ1n) is 5.51. The van der Waals surface area contributed by atoms with E-state index in [9.17, 15) is 18.4 Å². The van der Waals surface area contributed by atoms with Crippen LogP contribution in [0.25, 0.3) is 0 Å². The lowest BCUT2D eigenvalue weighted by atomic mass is 10.1. The van der Waals surface area contributed by atoms with Gasteiger partial charge in [-0.05, 0) is 19.1 Å². The van der Waals surface area contributed by atoms with Gasteiger partial charge in [-0.2, -0.15) is 8.78 Å². The number of aliphatic carboxylic acids is 1. The van der Waals surface area contributed by atoms with E-state index in [2.05, 4.69) is 10.1 Å². The van der Waals surface area contributed by atoms with E-state index >= 15 is 0 Å². The Morgan fingerprint density at radius 2 is 2.00 bits per heavy atom. The summed E-state index contributed by atoms with van der Waals surface area (Å²) in [5.74, 6) is -3.51. The lowest BCUT2D eigenvalue weighted by Gasteiger charge is -2.14. The third-order valence-corrected chi connectivity index (χ3v) is 2.42. The molecule has 0 bridgehead atoms. The molecule has 1 unspecified atom stereocenters. The van der Waals surface area contributed by atoms with Crippen LogP contribution >= 0.6 is 0 Å². The first kappa shape index (κ1) is 15.7. The van der Waals surface area contributed by atoms with Crippen LogP contribution in [0.15, 0.2) is 18.2 Å². The number of ether oxygens (including phenoxy) is 2.